The van der Waals surface area contributed by atoms with Gasteiger partial charge in [0.2, 0.25) is 0 Å². The van der Waals surface area contributed by atoms with Crippen LogP contribution in [0.3, 0.4) is 0 Å². The Balaban J connectivity index is 0. The normalized spacial score (nSPS) is 0. The third kappa shape index (κ3) is 9.33. The molecule has 0 aromatic carbocycles. The van der Waals surface area contributed by atoms with E-state index in [1.165, 1.54) is 0 Å². The zero-order chi connectivity index (χ0) is 0. The molecule has 0 aliphatic rings. The van der Waals surface area contributed by atoms with E-state index in [4.69, 9.17) is 0 Å². The van der Waals surface area contributed by atoms with Gasteiger partial charge in [-0.2, -0.15) is 0 Å². The van der Waals surface area contributed by atoms with Gasteiger partial charge in [-0.25, -0.2) is 0 Å². The average molecular weight is 182 g/mol. The van der Waals surface area contributed by atoms with Crippen LogP contribution in [0.2, 0.25) is 0 Å². The van der Waals surface area contributed by atoms with E-state index < -0.39 is 0 Å². The average Bonchev–Trinajstić information content (AvgIpc) is 0. The monoisotopic (exact) mass is 181 g/mol. The summed E-state index contributed by atoms with van der Waals surface area (Å²) in [5.74, 6) is 0. The van der Waals surface area contributed by atoms with Crippen LogP contribution < -0.4 is 0 Å². The van der Waals surface area contributed by atoms with Gasteiger partial charge in [0.15, 0.2) is 0 Å². The molecular weight excluding hydrogens is 182 g/mol. The fraction of sp³-hybridized carbons (Fsp3) is 0. The largest absolute Gasteiger partial charge is 2.00 e. The van der Waals surface area contributed by atoms with Gasteiger partial charge in [-0.05, 0) is 0 Å². The fourth-order valence-corrected chi connectivity index (χ4v) is 0. The van der Waals surface area contributed by atoms with Gasteiger partial charge in [-0.3, -0.25) is 0 Å². The molecule has 0 aromatic rings. The summed E-state index contributed by atoms with van der Waals surface area (Å²) in [7, 11) is 0. The van der Waals surface area contributed by atoms with E-state index in [2.05, 4.69) is 0 Å². The van der Waals surface area contributed by atoms with Crippen molar-refractivity contribution in [3.63, 3.8) is 0 Å². The van der Waals surface area contributed by atoms with Crippen molar-refractivity contribution >= 4 is 27.0 Å². The molecule has 0 aliphatic carbocycles. The summed E-state index contributed by atoms with van der Waals surface area (Å²) in [6.07, 6.45) is 0. The molecular formula is CoNiS2. The van der Waals surface area contributed by atoms with Crippen LogP contribution in [0.5, 0.6) is 0 Å². The van der Waals surface area contributed by atoms with Crippen molar-refractivity contribution in [2.45, 2.75) is 0 Å². The molecule has 0 spiro atoms. The molecule has 0 atom stereocenters. The summed E-state index contributed by atoms with van der Waals surface area (Å²) in [5.41, 5.74) is 0. The molecule has 0 amide bonds. The Hall–Kier alpha value is 1.70. The minimum Gasteiger partial charge on any atom is -2.00 e. The first-order chi connectivity index (χ1) is 0. The molecule has 0 unspecified atom stereocenters. The first kappa shape index (κ1) is 43.6. The Kier molecular flexibility index (Phi) is 243. The van der Waals surface area contributed by atoms with Crippen LogP contribution >= 0.6 is 0 Å². The van der Waals surface area contributed by atoms with E-state index in [1.807, 2.05) is 0 Å². The Bertz CT molecular complexity index is 6.00. The van der Waals surface area contributed by atoms with E-state index >= 15 is 0 Å². The van der Waals surface area contributed by atoms with Crippen LogP contribution in [-0.4, -0.2) is 0 Å². The Morgan fingerprint density at radius 1 is 0.750 bits per heavy atom. The number of hydrogen-bond donors (Lipinski definition) is 0. The van der Waals surface area contributed by atoms with Crippen molar-refractivity contribution in [3.8, 4) is 0 Å². The van der Waals surface area contributed by atoms with E-state index in [0.717, 1.165) is 0 Å². The Morgan fingerprint density at radius 2 is 0.750 bits per heavy atom. The van der Waals surface area contributed by atoms with Gasteiger partial charge in [0, 0.05) is 0 Å². The van der Waals surface area contributed by atoms with Crippen LogP contribution in [0.25, 0.3) is 0 Å². The SMILES string of the molecule is [Co+2].[Ni+2].[S-2].[S-2]. The first-order valence-corrected chi connectivity index (χ1v) is 0. The molecule has 1 radical (unpaired) electrons. The predicted octanol–water partition coefficient (Wildman–Crippen LogP) is -0.00980. The molecule has 0 aliphatic heterocycles. The van der Waals surface area contributed by atoms with Gasteiger partial charge in [-0.15, -0.1) is 0 Å². The van der Waals surface area contributed by atoms with Crippen molar-refractivity contribution in [2.24, 2.45) is 0 Å². The van der Waals surface area contributed by atoms with Crippen molar-refractivity contribution < 1.29 is 33.3 Å². The number of hydrogen-bond acceptors (Lipinski definition) is 0. The maximum atomic E-state index is 0. The first-order valence-electron chi connectivity index (χ1n) is 0. The second-order valence-electron chi connectivity index (χ2n) is 0. The molecule has 0 fully saturated rings. The second-order valence-corrected chi connectivity index (χ2v) is 0. The van der Waals surface area contributed by atoms with Gasteiger partial charge in [0.05, 0.1) is 0 Å². The maximum Gasteiger partial charge on any atom is 2.00 e. The van der Waals surface area contributed by atoms with Crippen LogP contribution in [0, 0.1) is 0 Å². The molecule has 0 aromatic heterocycles. The summed E-state index contributed by atoms with van der Waals surface area (Å²) in [4.78, 5) is 0. The van der Waals surface area contributed by atoms with Crippen LogP contribution in [0.4, 0.5) is 0 Å². The summed E-state index contributed by atoms with van der Waals surface area (Å²) >= 11 is 0. The van der Waals surface area contributed by atoms with Crippen molar-refractivity contribution in [2.75, 3.05) is 0 Å². The third-order valence-corrected chi connectivity index (χ3v) is 0. The van der Waals surface area contributed by atoms with Crippen LogP contribution in [0.1, 0.15) is 0 Å². The summed E-state index contributed by atoms with van der Waals surface area (Å²) < 4.78 is 0. The van der Waals surface area contributed by atoms with Gasteiger partial charge >= 0.3 is 33.3 Å². The topological polar surface area (TPSA) is 0 Å². The quantitative estimate of drug-likeness (QED) is 0.462. The Labute approximate surface area is 60.1 Å². The van der Waals surface area contributed by atoms with E-state index in [0.29, 0.717) is 0 Å². The van der Waals surface area contributed by atoms with Gasteiger partial charge in [-0.1, -0.05) is 0 Å². The zero-order valence-electron chi connectivity index (χ0n) is 1.47. The minimum absolute atomic E-state index is 0. The van der Waals surface area contributed by atoms with Crippen molar-refractivity contribution in [1.82, 2.24) is 0 Å². The second kappa shape index (κ2) is 22.3. The van der Waals surface area contributed by atoms with Gasteiger partial charge in [0.25, 0.3) is 0 Å². The Morgan fingerprint density at radius 3 is 0.750 bits per heavy atom. The smallest absolute Gasteiger partial charge is 2.00 e. The molecule has 0 heterocycles. The molecule has 0 saturated carbocycles. The van der Waals surface area contributed by atoms with Crippen molar-refractivity contribution in [1.29, 1.82) is 0 Å². The van der Waals surface area contributed by atoms with Crippen molar-refractivity contribution in [3.05, 3.63) is 0 Å². The fourth-order valence-electron chi connectivity index (χ4n) is 0. The van der Waals surface area contributed by atoms with Crippen LogP contribution in [0.15, 0.2) is 0 Å². The van der Waals surface area contributed by atoms with E-state index in [9.17, 15) is 0 Å². The third-order valence-electron chi connectivity index (χ3n) is 0. The van der Waals surface area contributed by atoms with Crippen LogP contribution in [-0.2, 0) is 60.3 Å². The molecule has 0 nitrogen and oxygen atoms in total. The summed E-state index contributed by atoms with van der Waals surface area (Å²) in [6, 6.07) is 0. The predicted molar refractivity (Wildman–Crippen MR) is 14.7 cm³/mol. The minimum atomic E-state index is 0. The molecule has 4 heavy (non-hydrogen) atoms. The molecule has 0 N–H and O–H groups in total. The zero-order valence-corrected chi connectivity index (χ0v) is 5.13. The summed E-state index contributed by atoms with van der Waals surface area (Å²) in [6.45, 7) is 0. The van der Waals surface area contributed by atoms with Gasteiger partial charge in [0.1, 0.15) is 0 Å². The number of rotatable bonds is 0. The molecule has 0 saturated heterocycles. The van der Waals surface area contributed by atoms with E-state index in [-0.39, 0.29) is 60.3 Å². The molecule has 4 heteroatoms. The molecule has 31 valence electrons. The molecule has 0 bridgehead atoms. The standard InChI is InChI=1S/Co.Ni.2S/q2*+2;2*-2. The summed E-state index contributed by atoms with van der Waals surface area (Å²) in [5, 5.41) is 0. The maximum absolute atomic E-state index is 0. The van der Waals surface area contributed by atoms with Gasteiger partial charge < -0.3 is 27.0 Å². The molecule has 0 rings (SSSR count). The van der Waals surface area contributed by atoms with E-state index in [1.54, 1.807) is 0 Å².